The predicted octanol–water partition coefficient (Wildman–Crippen LogP) is 2.51. The fourth-order valence-corrected chi connectivity index (χ4v) is 1.43. The number of aryl methyl sites for hydroxylation is 1. The first-order chi connectivity index (χ1) is 7.04. The van der Waals surface area contributed by atoms with Crippen LogP contribution in [0.2, 0.25) is 0 Å². The van der Waals surface area contributed by atoms with Crippen LogP contribution in [0.1, 0.15) is 22.8 Å². The molecule has 0 spiro atoms. The zero-order valence-corrected chi connectivity index (χ0v) is 10.3. The third kappa shape index (κ3) is 3.10. The van der Waals surface area contributed by atoms with Gasteiger partial charge in [0.15, 0.2) is 0 Å². The van der Waals surface area contributed by atoms with Gasteiger partial charge in [0.2, 0.25) is 0 Å². The SMILES string of the molecule is C#CC(C)NC(=O)c1ccc(C)c(Br)c1. The average Bonchev–Trinajstić information content (AvgIpc) is 2.21. The van der Waals surface area contributed by atoms with E-state index in [1.807, 2.05) is 13.0 Å². The topological polar surface area (TPSA) is 29.1 Å². The Balaban J connectivity index is 2.84. The van der Waals surface area contributed by atoms with Crippen molar-refractivity contribution in [3.8, 4) is 12.3 Å². The maximum Gasteiger partial charge on any atom is 0.252 e. The van der Waals surface area contributed by atoms with Crippen molar-refractivity contribution >= 4 is 21.8 Å². The summed E-state index contributed by atoms with van der Waals surface area (Å²) >= 11 is 3.38. The summed E-state index contributed by atoms with van der Waals surface area (Å²) in [6, 6.07) is 5.20. The molecule has 0 saturated carbocycles. The number of terminal acetylenes is 1. The molecule has 1 unspecified atom stereocenters. The molecule has 0 fully saturated rings. The van der Waals surface area contributed by atoms with Gasteiger partial charge in [-0.15, -0.1) is 6.42 Å². The molecule has 1 atom stereocenters. The largest absolute Gasteiger partial charge is 0.339 e. The highest BCUT2D eigenvalue weighted by Crippen LogP contribution is 2.17. The summed E-state index contributed by atoms with van der Waals surface area (Å²) in [5.74, 6) is 2.30. The molecule has 0 bridgehead atoms. The van der Waals surface area contributed by atoms with Crippen LogP contribution >= 0.6 is 15.9 Å². The molecule has 0 heterocycles. The third-order valence-electron chi connectivity index (χ3n) is 2.03. The smallest absolute Gasteiger partial charge is 0.252 e. The number of rotatable bonds is 2. The van der Waals surface area contributed by atoms with Gasteiger partial charge in [-0.3, -0.25) is 4.79 Å². The van der Waals surface area contributed by atoms with E-state index < -0.39 is 0 Å². The van der Waals surface area contributed by atoms with Gasteiger partial charge in [-0.1, -0.05) is 27.9 Å². The van der Waals surface area contributed by atoms with Gasteiger partial charge >= 0.3 is 0 Å². The summed E-state index contributed by atoms with van der Waals surface area (Å²) in [5.41, 5.74) is 1.70. The molecule has 78 valence electrons. The maximum absolute atomic E-state index is 11.7. The first kappa shape index (κ1) is 11.8. The molecule has 0 aliphatic rings. The van der Waals surface area contributed by atoms with Crippen molar-refractivity contribution < 1.29 is 4.79 Å². The lowest BCUT2D eigenvalue weighted by Crippen LogP contribution is -2.31. The second kappa shape index (κ2) is 4.99. The molecule has 2 nitrogen and oxygen atoms in total. The van der Waals surface area contributed by atoms with Gasteiger partial charge in [0.25, 0.3) is 5.91 Å². The molecule has 3 heteroatoms. The van der Waals surface area contributed by atoms with Crippen LogP contribution < -0.4 is 5.32 Å². The Bertz CT molecular complexity index is 420. The normalized spacial score (nSPS) is 11.6. The average molecular weight is 266 g/mol. The van der Waals surface area contributed by atoms with Gasteiger partial charge in [-0.2, -0.15) is 0 Å². The van der Waals surface area contributed by atoms with Gasteiger partial charge in [-0.25, -0.2) is 0 Å². The minimum Gasteiger partial charge on any atom is -0.339 e. The van der Waals surface area contributed by atoms with Crippen molar-refractivity contribution in [1.82, 2.24) is 5.32 Å². The van der Waals surface area contributed by atoms with Crippen LogP contribution in [0.25, 0.3) is 0 Å². The van der Waals surface area contributed by atoms with E-state index in [2.05, 4.69) is 27.2 Å². The van der Waals surface area contributed by atoms with Crippen molar-refractivity contribution in [1.29, 1.82) is 0 Å². The zero-order chi connectivity index (χ0) is 11.4. The fourth-order valence-electron chi connectivity index (χ4n) is 1.06. The molecule has 0 aliphatic heterocycles. The van der Waals surface area contributed by atoms with Crippen LogP contribution in [0.4, 0.5) is 0 Å². The summed E-state index contributed by atoms with van der Waals surface area (Å²) in [4.78, 5) is 11.7. The Kier molecular flexibility index (Phi) is 3.93. The molecule has 15 heavy (non-hydrogen) atoms. The molecule has 1 amide bonds. The fraction of sp³-hybridized carbons (Fsp3) is 0.250. The lowest BCUT2D eigenvalue weighted by Gasteiger charge is -2.08. The number of nitrogens with one attached hydrogen (secondary N) is 1. The van der Waals surface area contributed by atoms with E-state index in [0.717, 1.165) is 10.0 Å². The van der Waals surface area contributed by atoms with E-state index in [4.69, 9.17) is 6.42 Å². The first-order valence-electron chi connectivity index (χ1n) is 4.57. The van der Waals surface area contributed by atoms with Crippen LogP contribution in [0.15, 0.2) is 22.7 Å². The lowest BCUT2D eigenvalue weighted by molar-refractivity contribution is 0.0948. The molecule has 0 saturated heterocycles. The van der Waals surface area contributed by atoms with Crippen LogP contribution in [0.5, 0.6) is 0 Å². The molecule has 0 aromatic heterocycles. The van der Waals surface area contributed by atoms with Gasteiger partial charge in [0, 0.05) is 10.0 Å². The van der Waals surface area contributed by atoms with E-state index in [9.17, 15) is 4.79 Å². The van der Waals surface area contributed by atoms with Crippen molar-refractivity contribution in [2.75, 3.05) is 0 Å². The highest BCUT2D eigenvalue weighted by Gasteiger charge is 2.08. The second-order valence-electron chi connectivity index (χ2n) is 3.33. The third-order valence-corrected chi connectivity index (χ3v) is 2.89. The Hall–Kier alpha value is -1.27. The number of benzene rings is 1. The first-order valence-corrected chi connectivity index (χ1v) is 5.37. The highest BCUT2D eigenvalue weighted by molar-refractivity contribution is 9.10. The van der Waals surface area contributed by atoms with Crippen molar-refractivity contribution in [3.05, 3.63) is 33.8 Å². The molecular formula is C12H12BrNO. The van der Waals surface area contributed by atoms with Gasteiger partial charge in [0.05, 0.1) is 6.04 Å². The Morgan fingerprint density at radius 1 is 1.60 bits per heavy atom. The van der Waals surface area contributed by atoms with E-state index >= 15 is 0 Å². The van der Waals surface area contributed by atoms with Crippen LogP contribution in [-0.2, 0) is 0 Å². The Morgan fingerprint density at radius 3 is 2.80 bits per heavy atom. The summed E-state index contributed by atoms with van der Waals surface area (Å²) in [5, 5.41) is 2.70. The highest BCUT2D eigenvalue weighted by atomic mass is 79.9. The number of carbonyl (C=O) groups is 1. The molecule has 0 aliphatic carbocycles. The molecule has 0 radical (unpaired) electrons. The number of halogens is 1. The van der Waals surface area contributed by atoms with E-state index in [1.165, 1.54) is 0 Å². The van der Waals surface area contributed by atoms with Crippen molar-refractivity contribution in [2.45, 2.75) is 19.9 Å². The predicted molar refractivity (Wildman–Crippen MR) is 64.6 cm³/mol. The molecular weight excluding hydrogens is 254 g/mol. The quantitative estimate of drug-likeness (QED) is 0.819. The van der Waals surface area contributed by atoms with Crippen molar-refractivity contribution in [3.63, 3.8) is 0 Å². The minimum atomic E-state index is -0.252. The zero-order valence-electron chi connectivity index (χ0n) is 8.67. The number of hydrogen-bond donors (Lipinski definition) is 1. The van der Waals surface area contributed by atoms with Crippen LogP contribution in [0, 0.1) is 19.3 Å². The maximum atomic E-state index is 11.7. The second-order valence-corrected chi connectivity index (χ2v) is 4.18. The summed E-state index contributed by atoms with van der Waals surface area (Å²) in [6.07, 6.45) is 5.18. The molecule has 1 N–H and O–H groups in total. The van der Waals surface area contributed by atoms with Gasteiger partial charge in [-0.05, 0) is 31.5 Å². The molecule has 1 rings (SSSR count). The number of hydrogen-bond acceptors (Lipinski definition) is 1. The van der Waals surface area contributed by atoms with Crippen LogP contribution in [-0.4, -0.2) is 11.9 Å². The van der Waals surface area contributed by atoms with E-state index in [-0.39, 0.29) is 11.9 Å². The summed E-state index contributed by atoms with van der Waals surface area (Å²) in [7, 11) is 0. The number of amides is 1. The van der Waals surface area contributed by atoms with E-state index in [1.54, 1.807) is 19.1 Å². The summed E-state index contributed by atoms with van der Waals surface area (Å²) in [6.45, 7) is 3.73. The lowest BCUT2D eigenvalue weighted by atomic mass is 10.1. The van der Waals surface area contributed by atoms with Gasteiger partial charge < -0.3 is 5.32 Å². The standard InChI is InChI=1S/C12H12BrNO/c1-4-9(3)14-12(15)10-6-5-8(2)11(13)7-10/h1,5-7,9H,2-3H3,(H,14,15). The van der Waals surface area contributed by atoms with Crippen LogP contribution in [0.3, 0.4) is 0 Å². The van der Waals surface area contributed by atoms with Crippen molar-refractivity contribution in [2.24, 2.45) is 0 Å². The molecule has 1 aromatic carbocycles. The summed E-state index contributed by atoms with van der Waals surface area (Å²) < 4.78 is 0.920. The number of carbonyl (C=O) groups excluding carboxylic acids is 1. The molecule has 1 aromatic rings. The van der Waals surface area contributed by atoms with E-state index in [0.29, 0.717) is 5.56 Å². The Morgan fingerprint density at radius 2 is 2.27 bits per heavy atom. The van der Waals surface area contributed by atoms with Gasteiger partial charge in [0.1, 0.15) is 0 Å². The monoisotopic (exact) mass is 265 g/mol. The minimum absolute atomic E-state index is 0.152. The Labute approximate surface area is 98.2 Å².